The molecular weight excluding hydrogens is 566 g/mol. The number of morpholine rings is 1. The van der Waals surface area contributed by atoms with Gasteiger partial charge in [0, 0.05) is 44.3 Å². The zero-order valence-corrected chi connectivity index (χ0v) is 27.1. The van der Waals surface area contributed by atoms with Crippen LogP contribution in [0.2, 0.25) is 0 Å². The van der Waals surface area contributed by atoms with Crippen LogP contribution in [-0.4, -0.2) is 89.1 Å². The normalized spacial score (nSPS) is 42.2. The van der Waals surface area contributed by atoms with E-state index in [0.29, 0.717) is 42.8 Å². The van der Waals surface area contributed by atoms with Gasteiger partial charge in [-0.3, -0.25) is 23.8 Å². The molecule has 0 unspecified atom stereocenters. The van der Waals surface area contributed by atoms with Crippen molar-refractivity contribution in [1.82, 2.24) is 4.90 Å². The van der Waals surface area contributed by atoms with Gasteiger partial charge in [-0.2, -0.15) is 8.42 Å². The van der Waals surface area contributed by atoms with Crippen molar-refractivity contribution in [2.24, 2.45) is 40.4 Å². The third-order valence-electron chi connectivity index (χ3n) is 11.1. The van der Waals surface area contributed by atoms with E-state index in [0.717, 1.165) is 63.4 Å². The predicted octanol–water partition coefficient (Wildman–Crippen LogP) is 3.63. The van der Waals surface area contributed by atoms with Crippen LogP contribution in [0.1, 0.15) is 79.6 Å². The van der Waals surface area contributed by atoms with Gasteiger partial charge < -0.3 is 9.84 Å². The monoisotopic (exact) mass is 615 g/mol. The number of ketones is 2. The summed E-state index contributed by atoms with van der Waals surface area (Å²) in [7, 11) is -3.67. The molecule has 41 heavy (non-hydrogen) atoms. The Labute approximate surface area is 249 Å². The highest BCUT2D eigenvalue weighted by Gasteiger charge is 2.65. The Morgan fingerprint density at radius 3 is 2.37 bits per heavy atom. The van der Waals surface area contributed by atoms with Crippen LogP contribution in [0.25, 0.3) is 0 Å². The molecule has 0 aromatic heterocycles. The molecule has 11 heteroatoms. The maximum atomic E-state index is 14.1. The molecule has 9 atom stereocenters. The Morgan fingerprint density at radius 1 is 1.10 bits per heavy atom. The van der Waals surface area contributed by atoms with Gasteiger partial charge >= 0.3 is 0 Å². The Balaban J connectivity index is 0.000000714. The van der Waals surface area contributed by atoms with E-state index in [-0.39, 0.29) is 57.1 Å². The molecule has 5 aliphatic rings. The van der Waals surface area contributed by atoms with E-state index < -0.39 is 10.1 Å². The average Bonchev–Trinajstić information content (AvgIpc) is 3.17. The lowest BCUT2D eigenvalue weighted by Crippen LogP contribution is -2.64. The van der Waals surface area contributed by atoms with Crippen LogP contribution >= 0.6 is 11.8 Å². The summed E-state index contributed by atoms with van der Waals surface area (Å²) in [6.07, 6.45) is 6.44. The lowest BCUT2D eigenvalue weighted by atomic mass is 9.43. The van der Waals surface area contributed by atoms with Crippen molar-refractivity contribution >= 4 is 38.6 Å². The van der Waals surface area contributed by atoms with Gasteiger partial charge in [0.05, 0.1) is 30.3 Å². The summed E-state index contributed by atoms with van der Waals surface area (Å²) in [5.74, 6) is 1.75. The van der Waals surface area contributed by atoms with Crippen molar-refractivity contribution in [2.75, 3.05) is 31.7 Å². The molecule has 1 heterocycles. The molecule has 5 fully saturated rings. The fourth-order valence-electron chi connectivity index (χ4n) is 9.61. The summed E-state index contributed by atoms with van der Waals surface area (Å²) < 4.78 is 31.8. The van der Waals surface area contributed by atoms with E-state index >= 15 is 0 Å². The first kappa shape index (κ1) is 33.1. The van der Waals surface area contributed by atoms with Crippen LogP contribution in [0, 0.1) is 40.4 Å². The molecule has 0 radical (unpaired) electrons. The SMILES string of the molecule is CC(=O)SCC(=O)[C@H]1CC[C@H]2[C@@H]3CC[C@H]4C[C@H](O)[C@@H](N5CCOC(C)(C)C5)C[C@]4(C)[C@H]3C(=O)C[C@]12C.CS(=O)(=O)O. The predicted molar refractivity (Wildman–Crippen MR) is 158 cm³/mol. The number of ether oxygens (including phenoxy) is 1. The van der Waals surface area contributed by atoms with E-state index in [9.17, 15) is 27.9 Å². The molecule has 5 rings (SSSR count). The van der Waals surface area contributed by atoms with Crippen LogP contribution in [0.15, 0.2) is 0 Å². The zero-order chi connectivity index (χ0) is 30.5. The summed E-state index contributed by atoms with van der Waals surface area (Å²) in [6.45, 7) is 12.6. The lowest BCUT2D eigenvalue weighted by molar-refractivity contribution is -0.177. The second-order valence-corrected chi connectivity index (χ2v) is 17.1. The minimum atomic E-state index is -3.67. The first-order valence-electron chi connectivity index (χ1n) is 15.0. The van der Waals surface area contributed by atoms with Crippen LogP contribution in [0.4, 0.5) is 0 Å². The number of hydrogen-bond donors (Lipinski definition) is 2. The molecule has 2 N–H and O–H groups in total. The minimum Gasteiger partial charge on any atom is -0.391 e. The number of nitrogens with zero attached hydrogens (tertiary/aromatic N) is 1. The van der Waals surface area contributed by atoms with Crippen LogP contribution in [0.3, 0.4) is 0 Å². The molecule has 1 aliphatic heterocycles. The molecule has 1 saturated heterocycles. The lowest BCUT2D eigenvalue weighted by Gasteiger charge is -2.62. The van der Waals surface area contributed by atoms with Crippen LogP contribution in [-0.2, 0) is 29.2 Å². The van der Waals surface area contributed by atoms with Gasteiger partial charge in [-0.25, -0.2) is 0 Å². The summed E-state index contributed by atoms with van der Waals surface area (Å²) in [6, 6.07) is 0.0656. The van der Waals surface area contributed by atoms with E-state index in [1.807, 2.05) is 0 Å². The highest BCUT2D eigenvalue weighted by atomic mass is 32.2. The third-order valence-corrected chi connectivity index (χ3v) is 11.9. The standard InChI is InChI=1S/C29H45NO5S.CH4O3S/c1-17(31)36-15-25(34)21-9-8-20-19-7-6-18-12-23(32)22(30-10-11-35-27(2,3)16-30)13-28(18,4)26(19)24(33)14-29(20,21)5;1-5(2,3)4/h18-23,26,32H,6-16H2,1-5H3;1H3,(H,2,3,4)/t18-,19-,20-,21+,22-,23-,26+,28-,29-;/m0./s1. The van der Waals surface area contributed by atoms with Crippen molar-refractivity contribution in [3.8, 4) is 0 Å². The maximum absolute atomic E-state index is 14.1. The number of carbonyl (C=O) groups excluding carboxylic acids is 3. The average molecular weight is 616 g/mol. The van der Waals surface area contributed by atoms with Crippen molar-refractivity contribution in [3.05, 3.63) is 0 Å². The fraction of sp³-hybridized carbons (Fsp3) is 0.900. The molecular formula is C30H49NO8S2. The maximum Gasteiger partial charge on any atom is 0.261 e. The van der Waals surface area contributed by atoms with Gasteiger partial charge in [0.15, 0.2) is 5.12 Å². The number of thioether (sulfide) groups is 1. The Bertz CT molecular complexity index is 1130. The summed E-state index contributed by atoms with van der Waals surface area (Å²) in [5.41, 5.74) is -0.614. The number of fused-ring (bicyclic) bond motifs is 5. The second kappa shape index (κ2) is 11.9. The Kier molecular flexibility index (Phi) is 9.61. The molecule has 0 aromatic rings. The molecule has 234 valence electrons. The van der Waals surface area contributed by atoms with E-state index in [4.69, 9.17) is 9.29 Å². The van der Waals surface area contributed by atoms with Gasteiger partial charge in [0.2, 0.25) is 0 Å². The summed E-state index contributed by atoms with van der Waals surface area (Å²) in [5, 5.41) is 11.2. The molecule has 0 spiro atoms. The molecule has 0 amide bonds. The Morgan fingerprint density at radius 2 is 1.76 bits per heavy atom. The largest absolute Gasteiger partial charge is 0.391 e. The number of rotatable bonds is 4. The third kappa shape index (κ3) is 6.95. The first-order chi connectivity index (χ1) is 18.9. The molecule has 0 bridgehead atoms. The van der Waals surface area contributed by atoms with Gasteiger partial charge in [-0.15, -0.1) is 0 Å². The number of aliphatic hydroxyl groups is 1. The molecule has 9 nitrogen and oxygen atoms in total. The second-order valence-electron chi connectivity index (χ2n) is 14.4. The fourth-order valence-corrected chi connectivity index (χ4v) is 10.2. The van der Waals surface area contributed by atoms with Gasteiger partial charge in [0.25, 0.3) is 10.1 Å². The van der Waals surface area contributed by atoms with Gasteiger partial charge in [0.1, 0.15) is 11.6 Å². The zero-order valence-electron chi connectivity index (χ0n) is 25.4. The molecule has 0 aromatic carbocycles. The van der Waals surface area contributed by atoms with E-state index in [2.05, 4.69) is 32.6 Å². The van der Waals surface area contributed by atoms with Crippen molar-refractivity contribution in [3.63, 3.8) is 0 Å². The van der Waals surface area contributed by atoms with E-state index in [1.165, 1.54) is 6.92 Å². The smallest absolute Gasteiger partial charge is 0.261 e. The van der Waals surface area contributed by atoms with Gasteiger partial charge in [-0.1, -0.05) is 25.6 Å². The van der Waals surface area contributed by atoms with Crippen molar-refractivity contribution < 1.29 is 37.2 Å². The quantitative estimate of drug-likeness (QED) is 0.451. The van der Waals surface area contributed by atoms with Gasteiger partial charge in [-0.05, 0) is 81.0 Å². The summed E-state index contributed by atoms with van der Waals surface area (Å²) in [4.78, 5) is 41.1. The molecule has 4 aliphatic carbocycles. The molecule has 4 saturated carbocycles. The highest BCUT2D eigenvalue weighted by Crippen LogP contribution is 2.66. The summed E-state index contributed by atoms with van der Waals surface area (Å²) >= 11 is 1.11. The Hall–Kier alpha value is -0.850. The van der Waals surface area contributed by atoms with Crippen LogP contribution < -0.4 is 0 Å². The topological polar surface area (TPSA) is 138 Å². The number of hydrogen-bond acceptors (Lipinski definition) is 9. The highest BCUT2D eigenvalue weighted by molar-refractivity contribution is 8.14. The number of aliphatic hydroxyl groups excluding tert-OH is 1. The number of carbonyl (C=O) groups is 3. The van der Waals surface area contributed by atoms with Crippen molar-refractivity contribution in [1.29, 1.82) is 0 Å². The van der Waals surface area contributed by atoms with Crippen molar-refractivity contribution in [2.45, 2.75) is 97.3 Å². The number of Topliss-reactive ketones (excluding diaryl/α,β-unsaturated/α-hetero) is 2. The van der Waals surface area contributed by atoms with E-state index in [1.54, 1.807) is 0 Å². The minimum absolute atomic E-state index is 0.0215. The first-order valence-corrected chi connectivity index (χ1v) is 17.9. The van der Waals surface area contributed by atoms with Crippen LogP contribution in [0.5, 0.6) is 0 Å².